The predicted molar refractivity (Wildman–Crippen MR) is 180 cm³/mol. The minimum Gasteiger partial charge on any atom is -0.493 e. The summed E-state index contributed by atoms with van der Waals surface area (Å²) in [4.78, 5) is 20.4. The second-order valence-electron chi connectivity index (χ2n) is 14.5. The Balaban J connectivity index is 1.54. The van der Waals surface area contributed by atoms with E-state index in [0.29, 0.717) is 55.8 Å². The maximum absolute atomic E-state index is 13.3. The summed E-state index contributed by atoms with van der Waals surface area (Å²) in [5, 5.41) is 10.7. The Bertz CT molecular complexity index is 1500. The fourth-order valence-electron chi connectivity index (χ4n) is 6.10. The van der Waals surface area contributed by atoms with Crippen molar-refractivity contribution >= 4 is 11.7 Å². The molecule has 0 radical (unpaired) electrons. The molecular weight excluding hydrogens is 599 g/mol. The lowest BCUT2D eigenvalue weighted by Gasteiger charge is -2.41. The van der Waals surface area contributed by atoms with Crippen molar-refractivity contribution in [2.24, 2.45) is 11.3 Å². The van der Waals surface area contributed by atoms with Gasteiger partial charge in [0, 0.05) is 42.2 Å². The Morgan fingerprint density at radius 2 is 1.74 bits per heavy atom. The zero-order chi connectivity index (χ0) is 33.8. The molecule has 2 saturated heterocycles. The Kier molecular flexibility index (Phi) is 10.9. The molecule has 1 atom stereocenters. The Hall–Kier alpha value is -3.53. The number of pyridine rings is 1. The van der Waals surface area contributed by atoms with E-state index in [1.165, 1.54) is 12.1 Å². The Labute approximate surface area is 278 Å². The standard InChI is InChI=1S/C38H49FN2O6/c1-25-32(28-9-13-30(14-10-28)46-20-15-26-7-11-29(39)12-8-26)34(41-18-16-38(5,6)17-19-41)33(35(36(42)43)47-37(2,3)4)31(40-25)24-45-23-27-21-44-22-27/h7-14,27,35H,15-24H2,1-6H3,(H,42,43). The van der Waals surface area contributed by atoms with E-state index in [2.05, 4.69) is 18.7 Å². The first-order valence-electron chi connectivity index (χ1n) is 16.6. The smallest absolute Gasteiger partial charge is 0.337 e. The van der Waals surface area contributed by atoms with E-state index in [1.54, 1.807) is 12.1 Å². The van der Waals surface area contributed by atoms with Gasteiger partial charge in [0.05, 0.1) is 50.0 Å². The molecule has 2 aliphatic heterocycles. The molecule has 3 aromatic rings. The number of benzene rings is 2. The van der Waals surface area contributed by atoms with Crippen LogP contribution in [0.1, 0.15) is 76.1 Å². The molecule has 1 N–H and O–H groups in total. The van der Waals surface area contributed by atoms with Crippen LogP contribution < -0.4 is 9.64 Å². The second kappa shape index (κ2) is 14.7. The van der Waals surface area contributed by atoms with Crippen molar-refractivity contribution in [2.45, 2.75) is 79.1 Å². The molecule has 47 heavy (non-hydrogen) atoms. The van der Waals surface area contributed by atoms with Gasteiger partial charge < -0.3 is 29.0 Å². The van der Waals surface area contributed by atoms with Crippen molar-refractivity contribution in [1.82, 2.24) is 4.98 Å². The van der Waals surface area contributed by atoms with Gasteiger partial charge in [0.25, 0.3) is 0 Å². The molecule has 0 saturated carbocycles. The molecule has 0 bridgehead atoms. The molecule has 8 nitrogen and oxygen atoms in total. The van der Waals surface area contributed by atoms with Gasteiger partial charge in [-0.3, -0.25) is 4.98 Å². The van der Waals surface area contributed by atoms with Crippen LogP contribution in [-0.2, 0) is 32.0 Å². The van der Waals surface area contributed by atoms with Gasteiger partial charge in [-0.15, -0.1) is 0 Å². The first kappa shape index (κ1) is 34.8. The number of aryl methyl sites for hydroxylation is 1. The minimum atomic E-state index is -1.24. The first-order chi connectivity index (χ1) is 22.3. The van der Waals surface area contributed by atoms with Gasteiger partial charge in [-0.25, -0.2) is 9.18 Å². The van der Waals surface area contributed by atoms with E-state index in [1.807, 2.05) is 52.0 Å². The summed E-state index contributed by atoms with van der Waals surface area (Å²) in [7, 11) is 0. The topological polar surface area (TPSA) is 90.3 Å². The molecule has 5 rings (SSSR count). The van der Waals surface area contributed by atoms with Crippen molar-refractivity contribution in [1.29, 1.82) is 0 Å². The average molecular weight is 649 g/mol. The van der Waals surface area contributed by atoms with Gasteiger partial charge in [0.15, 0.2) is 6.10 Å². The third-order valence-electron chi connectivity index (χ3n) is 8.87. The summed E-state index contributed by atoms with van der Waals surface area (Å²) in [6.45, 7) is 16.2. The van der Waals surface area contributed by atoms with Gasteiger partial charge in [-0.05, 0) is 81.3 Å². The molecule has 2 aromatic carbocycles. The number of ether oxygens (including phenoxy) is 4. The number of carbonyl (C=O) groups is 1. The molecular formula is C38H49FN2O6. The van der Waals surface area contributed by atoms with Crippen molar-refractivity contribution < 1.29 is 33.2 Å². The number of halogens is 1. The van der Waals surface area contributed by atoms with Crippen LogP contribution in [0.25, 0.3) is 11.1 Å². The lowest BCUT2D eigenvalue weighted by Crippen LogP contribution is -2.39. The van der Waals surface area contributed by atoms with Crippen molar-refractivity contribution in [3.05, 3.63) is 76.9 Å². The SMILES string of the molecule is Cc1nc(COCC2COC2)c(C(OC(C)(C)C)C(=O)O)c(N2CCC(C)(C)CC2)c1-c1ccc(OCCc2ccc(F)cc2)cc1. The number of nitrogens with zero attached hydrogens (tertiary/aromatic N) is 2. The summed E-state index contributed by atoms with van der Waals surface area (Å²) >= 11 is 0. The van der Waals surface area contributed by atoms with Crippen LogP contribution in [0.15, 0.2) is 48.5 Å². The largest absolute Gasteiger partial charge is 0.493 e. The quantitative estimate of drug-likeness (QED) is 0.203. The number of rotatable bonds is 13. The molecule has 0 spiro atoms. The molecule has 254 valence electrons. The highest BCUT2D eigenvalue weighted by Crippen LogP contribution is 2.45. The van der Waals surface area contributed by atoms with Gasteiger partial charge in [0.1, 0.15) is 11.6 Å². The molecule has 1 unspecified atom stereocenters. The zero-order valence-electron chi connectivity index (χ0n) is 28.6. The van der Waals surface area contributed by atoms with Crippen LogP contribution in [0, 0.1) is 24.1 Å². The lowest BCUT2D eigenvalue weighted by molar-refractivity contribution is -0.160. The molecule has 0 amide bonds. The average Bonchev–Trinajstić information content (AvgIpc) is 2.98. The highest BCUT2D eigenvalue weighted by Gasteiger charge is 2.37. The van der Waals surface area contributed by atoms with E-state index >= 15 is 0 Å². The van der Waals surface area contributed by atoms with Gasteiger partial charge in [0.2, 0.25) is 0 Å². The summed E-state index contributed by atoms with van der Waals surface area (Å²) in [6.07, 6.45) is 1.36. The number of hydrogen-bond acceptors (Lipinski definition) is 7. The zero-order valence-corrected chi connectivity index (χ0v) is 28.6. The summed E-state index contributed by atoms with van der Waals surface area (Å²) in [6, 6.07) is 14.3. The van der Waals surface area contributed by atoms with Crippen molar-refractivity contribution in [2.75, 3.05) is 44.4 Å². The monoisotopic (exact) mass is 648 g/mol. The third kappa shape index (κ3) is 9.09. The van der Waals surface area contributed by atoms with Crippen LogP contribution >= 0.6 is 0 Å². The van der Waals surface area contributed by atoms with Crippen LogP contribution in [0.5, 0.6) is 5.75 Å². The summed E-state index contributed by atoms with van der Waals surface area (Å²) in [5.41, 5.74) is 5.06. The minimum absolute atomic E-state index is 0.178. The van der Waals surface area contributed by atoms with Gasteiger partial charge in [-0.1, -0.05) is 38.1 Å². The maximum Gasteiger partial charge on any atom is 0.337 e. The van der Waals surface area contributed by atoms with Crippen molar-refractivity contribution in [3.63, 3.8) is 0 Å². The van der Waals surface area contributed by atoms with Gasteiger partial charge >= 0.3 is 5.97 Å². The highest BCUT2D eigenvalue weighted by molar-refractivity contribution is 5.88. The van der Waals surface area contributed by atoms with E-state index in [4.69, 9.17) is 23.9 Å². The predicted octanol–water partition coefficient (Wildman–Crippen LogP) is 7.55. The third-order valence-corrected chi connectivity index (χ3v) is 8.87. The highest BCUT2D eigenvalue weighted by atomic mass is 19.1. The molecule has 0 aliphatic carbocycles. The van der Waals surface area contributed by atoms with Crippen LogP contribution in [0.2, 0.25) is 0 Å². The van der Waals surface area contributed by atoms with E-state index in [9.17, 15) is 14.3 Å². The fourth-order valence-corrected chi connectivity index (χ4v) is 6.10. The lowest BCUT2D eigenvalue weighted by atomic mass is 9.81. The van der Waals surface area contributed by atoms with E-state index in [-0.39, 0.29) is 17.8 Å². The van der Waals surface area contributed by atoms with Gasteiger partial charge in [-0.2, -0.15) is 0 Å². The fraction of sp³-hybridized carbons (Fsp3) is 0.526. The Morgan fingerprint density at radius 3 is 2.32 bits per heavy atom. The number of piperidine rings is 1. The number of anilines is 1. The molecule has 2 fully saturated rings. The van der Waals surface area contributed by atoms with Crippen LogP contribution in [-0.4, -0.2) is 61.2 Å². The van der Waals surface area contributed by atoms with Crippen LogP contribution in [0.3, 0.4) is 0 Å². The summed E-state index contributed by atoms with van der Waals surface area (Å²) in [5.74, 6) is -0.268. The van der Waals surface area contributed by atoms with E-state index < -0.39 is 17.7 Å². The summed E-state index contributed by atoms with van der Waals surface area (Å²) < 4.78 is 37.1. The Morgan fingerprint density at radius 1 is 1.09 bits per heavy atom. The molecule has 1 aromatic heterocycles. The molecule has 9 heteroatoms. The van der Waals surface area contributed by atoms with Crippen molar-refractivity contribution in [3.8, 4) is 16.9 Å². The number of aliphatic carboxylic acids is 1. The van der Waals surface area contributed by atoms with E-state index in [0.717, 1.165) is 54.0 Å². The molecule has 3 heterocycles. The molecule has 2 aliphatic rings. The van der Waals surface area contributed by atoms with Crippen LogP contribution in [0.4, 0.5) is 10.1 Å². The maximum atomic E-state index is 13.3. The number of carboxylic acids is 1. The second-order valence-corrected chi connectivity index (χ2v) is 14.5. The number of hydrogen-bond donors (Lipinski definition) is 1. The first-order valence-corrected chi connectivity index (χ1v) is 16.6. The number of aromatic nitrogens is 1. The number of carboxylic acid groups (broad SMARTS) is 1. The normalized spacial score (nSPS) is 17.3.